The van der Waals surface area contributed by atoms with Crippen molar-refractivity contribution in [1.82, 2.24) is 15.0 Å². The molecule has 0 aliphatic carbocycles. The van der Waals surface area contributed by atoms with E-state index in [1.165, 1.54) is 7.11 Å². The van der Waals surface area contributed by atoms with Crippen LogP contribution in [0.1, 0.15) is 18.7 Å². The summed E-state index contributed by atoms with van der Waals surface area (Å²) < 4.78 is 4.88. The maximum absolute atomic E-state index is 10.7. The summed E-state index contributed by atoms with van der Waals surface area (Å²) in [6, 6.07) is -0.0603. The lowest BCUT2D eigenvalue weighted by Gasteiger charge is -2.15. The minimum atomic E-state index is -0.872. The average molecular weight is 268 g/mol. The third-order valence-electron chi connectivity index (χ3n) is 2.64. The number of nitro groups is 1. The lowest BCUT2D eigenvalue weighted by molar-refractivity contribution is -0.351. The minimum Gasteiger partial charge on any atom is -0.467 e. The number of anilines is 1. The Morgan fingerprint density at radius 1 is 1.42 bits per heavy atom. The van der Waals surface area contributed by atoms with Crippen LogP contribution in [0.5, 0.6) is 6.01 Å². The summed E-state index contributed by atoms with van der Waals surface area (Å²) in [5, 5.41) is 22.0. The fourth-order valence-corrected chi connectivity index (χ4v) is 1.76. The number of hydrogen-bond acceptors (Lipinski definition) is 9. The quantitative estimate of drug-likeness (QED) is 0.264. The van der Waals surface area contributed by atoms with Crippen molar-refractivity contribution in [3.8, 4) is 6.01 Å². The maximum atomic E-state index is 10.7. The van der Waals surface area contributed by atoms with E-state index in [0.29, 0.717) is 0 Å². The Bertz CT molecular complexity index is 513. The summed E-state index contributed by atoms with van der Waals surface area (Å²) in [4.78, 5) is 23.4. The summed E-state index contributed by atoms with van der Waals surface area (Å²) in [5.41, 5.74) is 0. The van der Waals surface area contributed by atoms with E-state index in [0.717, 1.165) is 25.9 Å². The molecule has 0 spiro atoms. The van der Waals surface area contributed by atoms with Crippen molar-refractivity contribution in [2.75, 3.05) is 25.1 Å². The highest BCUT2D eigenvalue weighted by atomic mass is 16.6. The highest BCUT2D eigenvalue weighted by Crippen LogP contribution is 2.18. The molecule has 2 heterocycles. The van der Waals surface area contributed by atoms with Gasteiger partial charge in [-0.25, -0.2) is 0 Å². The molecule has 0 bridgehead atoms. The lowest BCUT2D eigenvalue weighted by atomic mass is 10.4. The van der Waals surface area contributed by atoms with E-state index in [-0.39, 0.29) is 17.8 Å². The summed E-state index contributed by atoms with van der Waals surface area (Å²) in [6.07, 6.45) is 2.00. The molecule has 0 radical (unpaired) electrons. The monoisotopic (exact) mass is 268 g/mol. The van der Waals surface area contributed by atoms with Crippen LogP contribution in [-0.4, -0.2) is 51.1 Å². The zero-order valence-electron chi connectivity index (χ0n) is 10.2. The molecule has 1 aliphatic heterocycles. The molecule has 0 aromatic carbocycles. The number of aromatic nitrogens is 3. The van der Waals surface area contributed by atoms with E-state index in [9.17, 15) is 10.1 Å². The van der Waals surface area contributed by atoms with E-state index in [1.807, 2.05) is 4.90 Å². The van der Waals surface area contributed by atoms with Crippen LogP contribution in [0, 0.1) is 10.1 Å². The molecule has 1 aromatic heterocycles. The number of amidine groups is 1. The zero-order valence-corrected chi connectivity index (χ0v) is 10.2. The topological polar surface area (TPSA) is 127 Å². The molecular weight excluding hydrogens is 256 g/mol. The van der Waals surface area contributed by atoms with Gasteiger partial charge < -0.3 is 25.0 Å². The molecule has 10 nitrogen and oxygen atoms in total. The third-order valence-corrected chi connectivity index (χ3v) is 2.64. The summed E-state index contributed by atoms with van der Waals surface area (Å²) in [6.45, 7) is 1.52. The summed E-state index contributed by atoms with van der Waals surface area (Å²) >= 11 is 0. The normalized spacial score (nSPS) is 15.6. The molecule has 0 unspecified atom stereocenters. The molecule has 1 fully saturated rings. The first-order chi connectivity index (χ1) is 9.15. The van der Waals surface area contributed by atoms with Crippen molar-refractivity contribution in [2.45, 2.75) is 12.8 Å². The number of hydrogen-bond donors (Lipinski definition) is 1. The standard InChI is InChI=1S/C9H12N6O4/c1-19-9-11-6(7(13-16)15(17)18)10-8(12-9)14-4-2-3-5-14/h16H,2-5H2,1H3. The van der Waals surface area contributed by atoms with Gasteiger partial charge in [-0.2, -0.15) is 15.0 Å². The van der Waals surface area contributed by atoms with Crippen molar-refractivity contribution in [1.29, 1.82) is 0 Å². The molecule has 1 N–H and O–H groups in total. The van der Waals surface area contributed by atoms with E-state index in [4.69, 9.17) is 9.94 Å². The van der Waals surface area contributed by atoms with Crippen LogP contribution >= 0.6 is 0 Å². The van der Waals surface area contributed by atoms with Gasteiger partial charge in [-0.05, 0) is 17.8 Å². The number of rotatable bonds is 3. The van der Waals surface area contributed by atoms with Gasteiger partial charge >= 0.3 is 11.8 Å². The molecule has 2 rings (SSSR count). The van der Waals surface area contributed by atoms with Crippen molar-refractivity contribution in [3.63, 3.8) is 0 Å². The highest BCUT2D eigenvalue weighted by molar-refractivity contribution is 5.88. The molecule has 1 saturated heterocycles. The first-order valence-corrected chi connectivity index (χ1v) is 5.57. The second-order valence-electron chi connectivity index (χ2n) is 3.82. The van der Waals surface area contributed by atoms with Crippen LogP contribution in [0.25, 0.3) is 0 Å². The molecular formula is C9H12N6O4. The van der Waals surface area contributed by atoms with E-state index >= 15 is 0 Å². The van der Waals surface area contributed by atoms with Gasteiger partial charge in [0.05, 0.1) is 7.11 Å². The predicted molar refractivity (Wildman–Crippen MR) is 63.1 cm³/mol. The molecule has 102 valence electrons. The second-order valence-corrected chi connectivity index (χ2v) is 3.82. The molecule has 0 amide bonds. The number of oxime groups is 1. The summed E-state index contributed by atoms with van der Waals surface area (Å²) in [5.74, 6) is -0.898. The molecule has 10 heteroatoms. The Morgan fingerprint density at radius 2 is 2.11 bits per heavy atom. The highest BCUT2D eigenvalue weighted by Gasteiger charge is 2.26. The van der Waals surface area contributed by atoms with Gasteiger partial charge in [0.2, 0.25) is 5.95 Å². The van der Waals surface area contributed by atoms with Crippen LogP contribution in [0.15, 0.2) is 5.16 Å². The Kier molecular flexibility index (Phi) is 3.68. The van der Waals surface area contributed by atoms with Gasteiger partial charge in [0.1, 0.15) is 0 Å². The van der Waals surface area contributed by atoms with Crippen LogP contribution in [-0.2, 0) is 0 Å². The Labute approximate surface area is 107 Å². The van der Waals surface area contributed by atoms with Gasteiger partial charge in [0, 0.05) is 13.1 Å². The van der Waals surface area contributed by atoms with Crippen molar-refractivity contribution < 1.29 is 14.9 Å². The molecule has 1 aliphatic rings. The fourth-order valence-electron chi connectivity index (χ4n) is 1.76. The zero-order chi connectivity index (χ0) is 13.8. The van der Waals surface area contributed by atoms with Crippen LogP contribution in [0.3, 0.4) is 0 Å². The Balaban J connectivity index is 2.43. The van der Waals surface area contributed by atoms with Crippen molar-refractivity contribution in [3.05, 3.63) is 15.9 Å². The van der Waals surface area contributed by atoms with Crippen LogP contribution in [0.2, 0.25) is 0 Å². The number of ether oxygens (including phenoxy) is 1. The van der Waals surface area contributed by atoms with Crippen LogP contribution < -0.4 is 9.64 Å². The average Bonchev–Trinajstić information content (AvgIpc) is 2.92. The number of nitrogens with zero attached hydrogens (tertiary/aromatic N) is 6. The first-order valence-electron chi connectivity index (χ1n) is 5.57. The minimum absolute atomic E-state index is 0.0603. The van der Waals surface area contributed by atoms with E-state index in [2.05, 4.69) is 20.1 Å². The fraction of sp³-hybridized carbons (Fsp3) is 0.556. The van der Waals surface area contributed by atoms with Crippen LogP contribution in [0.4, 0.5) is 5.95 Å². The van der Waals surface area contributed by atoms with Gasteiger partial charge in [-0.3, -0.25) is 0 Å². The predicted octanol–water partition coefficient (Wildman–Crippen LogP) is -0.107. The summed E-state index contributed by atoms with van der Waals surface area (Å²) in [7, 11) is 1.34. The first kappa shape index (κ1) is 12.9. The van der Waals surface area contributed by atoms with E-state index in [1.54, 1.807) is 0 Å². The van der Waals surface area contributed by atoms with Gasteiger partial charge in [0.25, 0.3) is 5.82 Å². The molecule has 0 atom stereocenters. The third kappa shape index (κ3) is 2.67. The molecule has 1 aromatic rings. The Morgan fingerprint density at radius 3 is 2.63 bits per heavy atom. The van der Waals surface area contributed by atoms with Crippen molar-refractivity contribution >= 4 is 11.8 Å². The number of methoxy groups -OCH3 is 1. The van der Waals surface area contributed by atoms with Crippen molar-refractivity contribution in [2.24, 2.45) is 5.16 Å². The largest absolute Gasteiger partial charge is 0.467 e. The lowest BCUT2D eigenvalue weighted by Crippen LogP contribution is -2.24. The second kappa shape index (κ2) is 5.42. The SMILES string of the molecule is COc1nc(C(=NO)[N+](=O)[O-])nc(N2CCCC2)n1. The smallest absolute Gasteiger partial charge is 0.454 e. The van der Waals surface area contributed by atoms with Gasteiger partial charge in [0.15, 0.2) is 5.16 Å². The molecule has 19 heavy (non-hydrogen) atoms. The Hall–Kier alpha value is -2.52. The van der Waals surface area contributed by atoms with Gasteiger partial charge in [-0.1, -0.05) is 0 Å². The molecule has 0 saturated carbocycles. The van der Waals surface area contributed by atoms with E-state index < -0.39 is 10.8 Å². The van der Waals surface area contributed by atoms with Gasteiger partial charge in [-0.15, -0.1) is 0 Å². The maximum Gasteiger partial charge on any atom is 0.454 e.